The van der Waals surface area contributed by atoms with Gasteiger partial charge < -0.3 is 5.32 Å². The number of amides is 1. The van der Waals surface area contributed by atoms with Crippen LogP contribution in [0.3, 0.4) is 0 Å². The highest BCUT2D eigenvalue weighted by Crippen LogP contribution is 2.38. The molecule has 1 atom stereocenters. The predicted molar refractivity (Wildman–Crippen MR) is 95.1 cm³/mol. The summed E-state index contributed by atoms with van der Waals surface area (Å²) in [4.78, 5) is 17.0. The first-order valence-corrected chi connectivity index (χ1v) is 8.46. The Hall–Kier alpha value is -2.66. The lowest BCUT2D eigenvalue weighted by atomic mass is 10.1. The lowest BCUT2D eigenvalue weighted by Crippen LogP contribution is -2.42. The van der Waals surface area contributed by atoms with Crippen molar-refractivity contribution in [1.29, 1.82) is 0 Å². The van der Waals surface area contributed by atoms with Gasteiger partial charge in [-0.05, 0) is 49.4 Å². The number of carbonyl (C=O) groups is 1. The molecule has 3 nitrogen and oxygen atoms in total. The second kappa shape index (κ2) is 5.76. The van der Waals surface area contributed by atoms with Crippen molar-refractivity contribution in [2.45, 2.75) is 13.1 Å². The van der Waals surface area contributed by atoms with Crippen molar-refractivity contribution >= 4 is 28.6 Å². The number of benzene rings is 2. The monoisotopic (exact) mass is 338 g/mol. The van der Waals surface area contributed by atoms with Crippen molar-refractivity contribution in [1.82, 2.24) is 0 Å². The van der Waals surface area contributed by atoms with E-state index < -0.39 is 0 Å². The number of nitrogens with one attached hydrogen (secondary N) is 1. The van der Waals surface area contributed by atoms with Gasteiger partial charge in [-0.1, -0.05) is 18.2 Å². The lowest BCUT2D eigenvalue weighted by molar-refractivity contribution is 0.0975. The van der Waals surface area contributed by atoms with Crippen molar-refractivity contribution in [2.75, 3.05) is 10.2 Å². The molecule has 1 N–H and O–H groups in total. The SMILES string of the molecule is Cc1ccc(C2Nc3cc(F)ccc3C(=O)N2c2ccccc2)s1. The maximum atomic E-state index is 13.6. The molecule has 1 amide bonds. The first-order chi connectivity index (χ1) is 11.6. The van der Waals surface area contributed by atoms with E-state index in [2.05, 4.69) is 5.32 Å². The molecule has 2 aromatic carbocycles. The number of para-hydroxylation sites is 1. The molecule has 0 fully saturated rings. The van der Waals surface area contributed by atoms with Crippen LogP contribution in [0.2, 0.25) is 0 Å². The van der Waals surface area contributed by atoms with E-state index in [0.717, 1.165) is 15.4 Å². The first-order valence-electron chi connectivity index (χ1n) is 7.64. The van der Waals surface area contributed by atoms with Crippen LogP contribution in [-0.4, -0.2) is 5.91 Å². The Morgan fingerprint density at radius 2 is 1.88 bits per heavy atom. The van der Waals surface area contributed by atoms with Crippen LogP contribution in [0.1, 0.15) is 26.3 Å². The van der Waals surface area contributed by atoms with E-state index in [1.165, 1.54) is 18.2 Å². The number of hydrogen-bond acceptors (Lipinski definition) is 3. The number of nitrogens with zero attached hydrogens (tertiary/aromatic N) is 1. The van der Waals surface area contributed by atoms with Crippen LogP contribution in [0, 0.1) is 12.7 Å². The summed E-state index contributed by atoms with van der Waals surface area (Å²) in [5.41, 5.74) is 1.81. The van der Waals surface area contributed by atoms with E-state index in [1.807, 2.05) is 49.4 Å². The van der Waals surface area contributed by atoms with Gasteiger partial charge in [0.1, 0.15) is 12.0 Å². The average Bonchev–Trinajstić information content (AvgIpc) is 3.01. The van der Waals surface area contributed by atoms with Crippen molar-refractivity contribution in [3.8, 4) is 0 Å². The largest absolute Gasteiger partial charge is 0.360 e. The highest BCUT2D eigenvalue weighted by molar-refractivity contribution is 7.12. The van der Waals surface area contributed by atoms with Crippen molar-refractivity contribution in [2.24, 2.45) is 0 Å². The van der Waals surface area contributed by atoms with Gasteiger partial charge in [-0.2, -0.15) is 0 Å². The zero-order valence-electron chi connectivity index (χ0n) is 13.0. The summed E-state index contributed by atoms with van der Waals surface area (Å²) in [5.74, 6) is -0.491. The molecule has 0 radical (unpaired) electrons. The van der Waals surface area contributed by atoms with Crippen LogP contribution in [0.15, 0.2) is 60.7 Å². The number of aryl methyl sites for hydroxylation is 1. The molecule has 0 spiro atoms. The minimum Gasteiger partial charge on any atom is -0.360 e. The summed E-state index contributed by atoms with van der Waals surface area (Å²) in [6.07, 6.45) is -0.354. The van der Waals surface area contributed by atoms with Crippen LogP contribution in [0.25, 0.3) is 0 Å². The van der Waals surface area contributed by atoms with Gasteiger partial charge >= 0.3 is 0 Å². The van der Waals surface area contributed by atoms with Gasteiger partial charge in [-0.3, -0.25) is 9.69 Å². The predicted octanol–water partition coefficient (Wildman–Crippen LogP) is 4.97. The number of hydrogen-bond donors (Lipinski definition) is 1. The molecule has 2 heterocycles. The van der Waals surface area contributed by atoms with E-state index in [9.17, 15) is 9.18 Å². The van der Waals surface area contributed by atoms with Crippen molar-refractivity contribution in [3.63, 3.8) is 0 Å². The Morgan fingerprint density at radius 3 is 2.58 bits per heavy atom. The minimum absolute atomic E-state index is 0.133. The second-order valence-electron chi connectivity index (χ2n) is 5.70. The van der Waals surface area contributed by atoms with Gasteiger partial charge in [-0.25, -0.2) is 4.39 Å². The average molecular weight is 338 g/mol. The molecule has 5 heteroatoms. The van der Waals surface area contributed by atoms with Crippen LogP contribution < -0.4 is 10.2 Å². The summed E-state index contributed by atoms with van der Waals surface area (Å²) >= 11 is 1.62. The third-order valence-corrected chi connectivity index (χ3v) is 5.10. The van der Waals surface area contributed by atoms with Gasteiger partial charge in [0.05, 0.1) is 11.3 Å². The van der Waals surface area contributed by atoms with Crippen molar-refractivity contribution < 1.29 is 9.18 Å². The quantitative estimate of drug-likeness (QED) is 0.716. The molecule has 4 rings (SSSR count). The number of fused-ring (bicyclic) bond motifs is 1. The first kappa shape index (κ1) is 14.9. The summed E-state index contributed by atoms with van der Waals surface area (Å²) in [6.45, 7) is 2.03. The number of anilines is 2. The van der Waals surface area contributed by atoms with E-state index in [0.29, 0.717) is 11.3 Å². The smallest absolute Gasteiger partial charge is 0.262 e. The molecule has 0 bridgehead atoms. The Morgan fingerprint density at radius 1 is 1.08 bits per heavy atom. The van der Waals surface area contributed by atoms with Crippen LogP contribution in [0.4, 0.5) is 15.8 Å². The zero-order valence-corrected chi connectivity index (χ0v) is 13.8. The number of carbonyl (C=O) groups excluding carboxylic acids is 1. The molecule has 3 aromatic rings. The fourth-order valence-electron chi connectivity index (χ4n) is 2.93. The summed E-state index contributed by atoms with van der Waals surface area (Å²) in [7, 11) is 0. The molecule has 1 unspecified atom stereocenters. The van der Waals surface area contributed by atoms with Crippen LogP contribution in [0.5, 0.6) is 0 Å². The molecule has 1 aliphatic heterocycles. The van der Waals surface area contributed by atoms with Crippen molar-refractivity contribution in [3.05, 3.63) is 81.8 Å². The van der Waals surface area contributed by atoms with Crippen LogP contribution in [-0.2, 0) is 0 Å². The third kappa shape index (κ3) is 2.47. The zero-order chi connectivity index (χ0) is 16.7. The fourth-order valence-corrected chi connectivity index (χ4v) is 3.85. The van der Waals surface area contributed by atoms with Gasteiger partial charge in [0.15, 0.2) is 0 Å². The fraction of sp³-hybridized carbons (Fsp3) is 0.105. The molecule has 120 valence electrons. The summed E-state index contributed by atoms with van der Waals surface area (Å²) in [6, 6.07) is 17.8. The molecule has 1 aromatic heterocycles. The lowest BCUT2D eigenvalue weighted by Gasteiger charge is -2.37. The van der Waals surface area contributed by atoms with E-state index in [1.54, 1.807) is 16.2 Å². The third-order valence-electron chi connectivity index (χ3n) is 4.05. The van der Waals surface area contributed by atoms with E-state index in [-0.39, 0.29) is 17.9 Å². The standard InChI is InChI=1S/C19H15FN2OS/c1-12-7-10-17(24-12)18-21-16-11-13(20)8-9-15(16)19(23)22(18)14-5-3-2-4-6-14/h2-11,18,21H,1H3. The molecule has 0 saturated heterocycles. The van der Waals surface area contributed by atoms with Gasteiger partial charge in [0.25, 0.3) is 5.91 Å². The maximum absolute atomic E-state index is 13.6. The molecule has 0 saturated carbocycles. The number of halogens is 1. The maximum Gasteiger partial charge on any atom is 0.262 e. The molecular weight excluding hydrogens is 323 g/mol. The molecule has 1 aliphatic rings. The molecule has 0 aliphatic carbocycles. The Balaban J connectivity index is 1.87. The summed E-state index contributed by atoms with van der Waals surface area (Å²) < 4.78 is 13.6. The Labute approximate surface area is 143 Å². The van der Waals surface area contributed by atoms with E-state index in [4.69, 9.17) is 0 Å². The highest BCUT2D eigenvalue weighted by Gasteiger charge is 2.34. The Kier molecular flexibility index (Phi) is 3.58. The van der Waals surface area contributed by atoms with Gasteiger partial charge in [-0.15, -0.1) is 11.3 Å². The van der Waals surface area contributed by atoms with Gasteiger partial charge in [0, 0.05) is 15.4 Å². The summed E-state index contributed by atoms with van der Waals surface area (Å²) in [5, 5.41) is 3.32. The van der Waals surface area contributed by atoms with E-state index >= 15 is 0 Å². The van der Waals surface area contributed by atoms with Crippen LogP contribution >= 0.6 is 11.3 Å². The minimum atomic E-state index is -0.358. The number of thiophene rings is 1. The molecular formula is C19H15FN2OS. The Bertz CT molecular complexity index is 907. The normalized spacial score (nSPS) is 16.7. The second-order valence-corrected chi connectivity index (χ2v) is 7.02. The highest BCUT2D eigenvalue weighted by atomic mass is 32.1. The topological polar surface area (TPSA) is 32.3 Å². The number of rotatable bonds is 2. The van der Waals surface area contributed by atoms with Gasteiger partial charge in [0.2, 0.25) is 0 Å². The molecule has 24 heavy (non-hydrogen) atoms.